The highest BCUT2D eigenvalue weighted by Crippen LogP contribution is 2.11. The molecule has 0 fully saturated rings. The lowest BCUT2D eigenvalue weighted by Crippen LogP contribution is -2.43. The fraction of sp³-hybridized carbons (Fsp3) is 0.214. The molecule has 2 rings (SSSR count). The van der Waals surface area contributed by atoms with Gasteiger partial charge in [-0.1, -0.05) is 12.1 Å². The summed E-state index contributed by atoms with van der Waals surface area (Å²) >= 11 is 0. The molecule has 0 saturated heterocycles. The molecule has 0 spiro atoms. The van der Waals surface area contributed by atoms with E-state index in [4.69, 9.17) is 0 Å². The molecule has 110 valence electrons. The molecule has 1 atom stereocenters. The summed E-state index contributed by atoms with van der Waals surface area (Å²) in [6.07, 6.45) is 1.71. The van der Waals surface area contributed by atoms with E-state index in [1.807, 2.05) is 0 Å². The Balaban J connectivity index is 1.97. The van der Waals surface area contributed by atoms with Gasteiger partial charge < -0.3 is 15.5 Å². The molecule has 0 aliphatic heterocycles. The molecule has 1 aromatic heterocycles. The van der Waals surface area contributed by atoms with Crippen molar-refractivity contribution in [2.45, 2.75) is 18.9 Å². The van der Waals surface area contributed by atoms with E-state index in [-0.39, 0.29) is 18.6 Å². The number of benzene rings is 1. The summed E-state index contributed by atoms with van der Waals surface area (Å²) in [6, 6.07) is 6.81. The highest BCUT2D eigenvalue weighted by atomic mass is 16.4. The van der Waals surface area contributed by atoms with Gasteiger partial charge in [-0.2, -0.15) is 5.10 Å². The second-order valence-corrected chi connectivity index (χ2v) is 4.59. The summed E-state index contributed by atoms with van der Waals surface area (Å²) in [7, 11) is 0. The van der Waals surface area contributed by atoms with Crippen LogP contribution < -0.4 is 5.32 Å². The van der Waals surface area contributed by atoms with Crippen molar-refractivity contribution in [3.05, 3.63) is 47.8 Å². The number of carbonyl (C=O) groups is 2. The number of carboxylic acids is 1. The van der Waals surface area contributed by atoms with Crippen molar-refractivity contribution in [3.8, 4) is 5.75 Å². The van der Waals surface area contributed by atoms with Crippen molar-refractivity contribution in [2.24, 2.45) is 0 Å². The summed E-state index contributed by atoms with van der Waals surface area (Å²) in [6.45, 7) is 0. The van der Waals surface area contributed by atoms with Crippen molar-refractivity contribution in [1.29, 1.82) is 0 Å². The monoisotopic (exact) mass is 289 g/mol. The van der Waals surface area contributed by atoms with Gasteiger partial charge in [-0.3, -0.25) is 9.89 Å². The zero-order valence-electron chi connectivity index (χ0n) is 11.1. The van der Waals surface area contributed by atoms with Gasteiger partial charge in [0, 0.05) is 18.3 Å². The number of nitrogens with zero attached hydrogens (tertiary/aromatic N) is 1. The molecule has 2 aromatic rings. The lowest BCUT2D eigenvalue weighted by atomic mass is 10.1. The summed E-state index contributed by atoms with van der Waals surface area (Å²) in [5, 5.41) is 27.2. The number of hydrogen-bond acceptors (Lipinski definition) is 4. The second-order valence-electron chi connectivity index (χ2n) is 4.59. The van der Waals surface area contributed by atoms with E-state index in [1.54, 1.807) is 18.2 Å². The Morgan fingerprint density at radius 1 is 1.24 bits per heavy atom. The third-order valence-electron chi connectivity index (χ3n) is 2.92. The van der Waals surface area contributed by atoms with Gasteiger partial charge in [0.25, 0.3) is 0 Å². The van der Waals surface area contributed by atoms with Crippen molar-refractivity contribution >= 4 is 11.9 Å². The molecule has 7 heteroatoms. The summed E-state index contributed by atoms with van der Waals surface area (Å²) in [5.74, 6) is -1.40. The van der Waals surface area contributed by atoms with Crippen LogP contribution in [0.25, 0.3) is 0 Å². The Labute approximate surface area is 120 Å². The number of aromatic nitrogens is 2. The Bertz CT molecular complexity index is 608. The first-order valence-corrected chi connectivity index (χ1v) is 6.33. The van der Waals surface area contributed by atoms with Gasteiger partial charge in [0.05, 0.1) is 6.42 Å². The third-order valence-corrected chi connectivity index (χ3v) is 2.92. The quantitative estimate of drug-likeness (QED) is 0.617. The largest absolute Gasteiger partial charge is 0.508 e. The lowest BCUT2D eigenvalue weighted by molar-refractivity contribution is -0.141. The Morgan fingerprint density at radius 2 is 1.95 bits per heavy atom. The molecule has 0 saturated carbocycles. The number of carbonyl (C=O) groups excluding carboxylic acids is 1. The fourth-order valence-electron chi connectivity index (χ4n) is 1.87. The van der Waals surface area contributed by atoms with Gasteiger partial charge in [-0.15, -0.1) is 0 Å². The normalized spacial score (nSPS) is 11.8. The SMILES string of the molecule is O=C(Cc1ccn[nH]1)N[C@@H](Cc1ccc(O)cc1)C(=O)O. The van der Waals surface area contributed by atoms with E-state index < -0.39 is 17.9 Å². The zero-order valence-corrected chi connectivity index (χ0v) is 11.1. The molecule has 1 heterocycles. The molecule has 0 unspecified atom stereocenters. The van der Waals surface area contributed by atoms with Crippen LogP contribution in [0.2, 0.25) is 0 Å². The molecular formula is C14H15N3O4. The first-order valence-electron chi connectivity index (χ1n) is 6.33. The minimum Gasteiger partial charge on any atom is -0.508 e. The highest BCUT2D eigenvalue weighted by molar-refractivity contribution is 5.84. The van der Waals surface area contributed by atoms with E-state index >= 15 is 0 Å². The minimum atomic E-state index is -1.11. The van der Waals surface area contributed by atoms with Gasteiger partial charge in [-0.25, -0.2) is 4.79 Å². The van der Waals surface area contributed by atoms with Gasteiger partial charge in [0.2, 0.25) is 5.91 Å². The molecule has 0 bridgehead atoms. The smallest absolute Gasteiger partial charge is 0.326 e. The van der Waals surface area contributed by atoms with E-state index in [0.717, 1.165) is 0 Å². The number of rotatable bonds is 6. The topological polar surface area (TPSA) is 115 Å². The molecule has 21 heavy (non-hydrogen) atoms. The Morgan fingerprint density at radius 3 is 2.52 bits per heavy atom. The van der Waals surface area contributed by atoms with E-state index in [1.165, 1.54) is 18.3 Å². The van der Waals surface area contributed by atoms with Crippen LogP contribution in [0.15, 0.2) is 36.5 Å². The van der Waals surface area contributed by atoms with Crippen LogP contribution in [0, 0.1) is 0 Å². The Hall–Kier alpha value is -2.83. The number of hydrogen-bond donors (Lipinski definition) is 4. The number of phenolic OH excluding ortho intramolecular Hbond substituents is 1. The molecule has 1 amide bonds. The predicted octanol–water partition coefficient (Wildman–Crippen LogP) is 0.470. The Kier molecular flexibility index (Phi) is 4.55. The predicted molar refractivity (Wildman–Crippen MR) is 73.7 cm³/mol. The van der Waals surface area contributed by atoms with Crippen LogP contribution in [-0.4, -0.2) is 38.3 Å². The van der Waals surface area contributed by atoms with E-state index in [2.05, 4.69) is 15.5 Å². The maximum absolute atomic E-state index is 11.8. The van der Waals surface area contributed by atoms with Crippen LogP contribution in [-0.2, 0) is 22.4 Å². The van der Waals surface area contributed by atoms with Crippen molar-refractivity contribution in [2.75, 3.05) is 0 Å². The maximum atomic E-state index is 11.8. The number of aliphatic carboxylic acids is 1. The van der Waals surface area contributed by atoms with Crippen molar-refractivity contribution < 1.29 is 19.8 Å². The number of aromatic hydroxyl groups is 1. The second kappa shape index (κ2) is 6.56. The molecule has 0 aliphatic carbocycles. The average molecular weight is 289 g/mol. The van der Waals surface area contributed by atoms with Crippen molar-refractivity contribution in [3.63, 3.8) is 0 Å². The molecule has 7 nitrogen and oxygen atoms in total. The summed E-state index contributed by atoms with van der Waals surface area (Å²) < 4.78 is 0. The van der Waals surface area contributed by atoms with E-state index in [9.17, 15) is 19.8 Å². The molecule has 0 radical (unpaired) electrons. The van der Waals surface area contributed by atoms with Gasteiger partial charge in [0.15, 0.2) is 0 Å². The summed E-state index contributed by atoms with van der Waals surface area (Å²) in [4.78, 5) is 23.0. The number of phenols is 1. The van der Waals surface area contributed by atoms with Crippen LogP contribution in [0.4, 0.5) is 0 Å². The van der Waals surface area contributed by atoms with Crippen molar-refractivity contribution in [1.82, 2.24) is 15.5 Å². The highest BCUT2D eigenvalue weighted by Gasteiger charge is 2.20. The van der Waals surface area contributed by atoms with Crippen LogP contribution in [0.1, 0.15) is 11.3 Å². The molecule has 1 aromatic carbocycles. The van der Waals surface area contributed by atoms with Gasteiger partial charge in [-0.05, 0) is 23.8 Å². The first kappa shape index (κ1) is 14.6. The van der Waals surface area contributed by atoms with Gasteiger partial charge >= 0.3 is 5.97 Å². The van der Waals surface area contributed by atoms with Gasteiger partial charge in [0.1, 0.15) is 11.8 Å². The number of aromatic amines is 1. The number of nitrogens with one attached hydrogen (secondary N) is 2. The first-order chi connectivity index (χ1) is 10.0. The number of H-pyrrole nitrogens is 1. The number of carboxylic acid groups (broad SMARTS) is 1. The molecule has 4 N–H and O–H groups in total. The standard InChI is InChI=1S/C14H15N3O4/c18-11-3-1-9(2-4-11)7-12(14(20)21)16-13(19)8-10-5-6-15-17-10/h1-6,12,18H,7-8H2,(H,15,17)(H,16,19)(H,20,21)/t12-/m0/s1. The fourth-order valence-corrected chi connectivity index (χ4v) is 1.87. The van der Waals surface area contributed by atoms with Crippen LogP contribution >= 0.6 is 0 Å². The van der Waals surface area contributed by atoms with E-state index in [0.29, 0.717) is 11.3 Å². The molecule has 0 aliphatic rings. The maximum Gasteiger partial charge on any atom is 0.326 e. The van der Waals surface area contributed by atoms with Crippen LogP contribution in [0.3, 0.4) is 0 Å². The third kappa shape index (κ3) is 4.34. The zero-order chi connectivity index (χ0) is 15.2. The average Bonchev–Trinajstić information content (AvgIpc) is 2.93. The van der Waals surface area contributed by atoms with Crippen LogP contribution in [0.5, 0.6) is 5.75 Å². The summed E-state index contributed by atoms with van der Waals surface area (Å²) in [5.41, 5.74) is 1.32. The molecular weight excluding hydrogens is 274 g/mol. The minimum absolute atomic E-state index is 0.0410. The number of amides is 1. The lowest BCUT2D eigenvalue weighted by Gasteiger charge is -2.14.